The number of hydrogen-bond acceptors (Lipinski definition) is 3. The Labute approximate surface area is 163 Å². The lowest BCUT2D eigenvalue weighted by molar-refractivity contribution is 0.570. The maximum atomic E-state index is 5.91. The van der Waals surface area contributed by atoms with Crippen LogP contribution in [-0.2, 0) is 13.1 Å². The Kier molecular flexibility index (Phi) is 6.25. The third-order valence-electron chi connectivity index (χ3n) is 3.76. The van der Waals surface area contributed by atoms with Crippen LogP contribution in [0.25, 0.3) is 0 Å². The SMILES string of the molecule is Cc1ccn(CCCNC(=S)Nc2ccn(Cc3ccc(Cl)cc3)n2)n1. The first-order valence-electron chi connectivity index (χ1n) is 8.41. The lowest BCUT2D eigenvalue weighted by Crippen LogP contribution is -2.30. The molecule has 0 amide bonds. The minimum Gasteiger partial charge on any atom is -0.362 e. The van der Waals surface area contributed by atoms with Gasteiger partial charge in [0.15, 0.2) is 10.9 Å². The predicted octanol–water partition coefficient (Wildman–Crippen LogP) is 3.47. The van der Waals surface area contributed by atoms with Crippen molar-refractivity contribution in [2.75, 3.05) is 11.9 Å². The normalized spacial score (nSPS) is 10.7. The molecule has 0 spiro atoms. The van der Waals surface area contributed by atoms with Gasteiger partial charge < -0.3 is 10.6 Å². The molecule has 26 heavy (non-hydrogen) atoms. The van der Waals surface area contributed by atoms with E-state index in [1.807, 2.05) is 65.1 Å². The largest absolute Gasteiger partial charge is 0.362 e. The van der Waals surface area contributed by atoms with Crippen molar-refractivity contribution in [1.82, 2.24) is 24.9 Å². The number of thiocarbonyl (C=S) groups is 1. The predicted molar refractivity (Wildman–Crippen MR) is 109 cm³/mol. The van der Waals surface area contributed by atoms with E-state index in [1.165, 1.54) is 0 Å². The summed E-state index contributed by atoms with van der Waals surface area (Å²) in [4.78, 5) is 0. The van der Waals surface area contributed by atoms with Crippen molar-refractivity contribution < 1.29 is 0 Å². The molecule has 1 aromatic carbocycles. The molecule has 0 unspecified atom stereocenters. The van der Waals surface area contributed by atoms with Gasteiger partial charge in [-0.3, -0.25) is 9.36 Å². The summed E-state index contributed by atoms with van der Waals surface area (Å²) in [6.45, 7) is 4.30. The van der Waals surface area contributed by atoms with Gasteiger partial charge in [0.2, 0.25) is 0 Å². The van der Waals surface area contributed by atoms with E-state index in [9.17, 15) is 0 Å². The smallest absolute Gasteiger partial charge is 0.171 e. The zero-order chi connectivity index (χ0) is 18.4. The number of nitrogens with one attached hydrogen (secondary N) is 2. The van der Waals surface area contributed by atoms with E-state index in [4.69, 9.17) is 23.8 Å². The minimum atomic E-state index is 0.568. The van der Waals surface area contributed by atoms with Crippen LogP contribution in [0.5, 0.6) is 0 Å². The Bertz CT molecular complexity index is 855. The molecule has 2 heterocycles. The molecule has 0 radical (unpaired) electrons. The van der Waals surface area contributed by atoms with Crippen LogP contribution in [0.3, 0.4) is 0 Å². The summed E-state index contributed by atoms with van der Waals surface area (Å²) >= 11 is 11.2. The van der Waals surface area contributed by atoms with Gasteiger partial charge in [0.1, 0.15) is 0 Å². The summed E-state index contributed by atoms with van der Waals surface area (Å²) in [5, 5.41) is 16.4. The van der Waals surface area contributed by atoms with Gasteiger partial charge in [-0.1, -0.05) is 23.7 Å². The number of hydrogen-bond donors (Lipinski definition) is 2. The Morgan fingerprint density at radius 2 is 1.85 bits per heavy atom. The van der Waals surface area contributed by atoms with E-state index in [2.05, 4.69) is 20.8 Å². The van der Waals surface area contributed by atoms with Crippen molar-refractivity contribution in [3.05, 3.63) is 65.1 Å². The van der Waals surface area contributed by atoms with Crippen molar-refractivity contribution in [2.45, 2.75) is 26.4 Å². The molecule has 0 saturated carbocycles. The molecule has 0 aliphatic carbocycles. The molecule has 136 valence electrons. The maximum absolute atomic E-state index is 5.91. The Balaban J connectivity index is 1.40. The molecule has 0 aliphatic rings. The van der Waals surface area contributed by atoms with E-state index in [1.54, 1.807) is 0 Å². The highest BCUT2D eigenvalue weighted by atomic mass is 35.5. The summed E-state index contributed by atoms with van der Waals surface area (Å²) in [5.74, 6) is 0.721. The van der Waals surface area contributed by atoms with Crippen molar-refractivity contribution in [2.24, 2.45) is 0 Å². The fraction of sp³-hybridized carbons (Fsp3) is 0.278. The van der Waals surface area contributed by atoms with Crippen molar-refractivity contribution in [1.29, 1.82) is 0 Å². The van der Waals surface area contributed by atoms with E-state index in [0.717, 1.165) is 41.6 Å². The Morgan fingerprint density at radius 1 is 1.08 bits per heavy atom. The highest BCUT2D eigenvalue weighted by Crippen LogP contribution is 2.11. The standard InChI is InChI=1S/C18H21ClN6S/c1-14-7-11-24(22-14)10-2-9-20-18(26)21-17-8-12-25(23-17)13-15-3-5-16(19)6-4-15/h3-8,11-12H,2,9-10,13H2,1H3,(H2,20,21,23,26). The van der Waals surface area contributed by atoms with Crippen LogP contribution in [0.4, 0.5) is 5.82 Å². The van der Waals surface area contributed by atoms with E-state index >= 15 is 0 Å². The zero-order valence-corrected chi connectivity index (χ0v) is 16.1. The second-order valence-corrected chi connectivity index (χ2v) is 6.82. The van der Waals surface area contributed by atoms with Crippen LogP contribution >= 0.6 is 23.8 Å². The van der Waals surface area contributed by atoms with Gasteiger partial charge in [0, 0.05) is 36.6 Å². The number of nitrogens with zero attached hydrogens (tertiary/aromatic N) is 4. The quantitative estimate of drug-likeness (QED) is 0.479. The highest BCUT2D eigenvalue weighted by Gasteiger charge is 2.03. The first kappa shape index (κ1) is 18.4. The number of benzene rings is 1. The van der Waals surface area contributed by atoms with Crippen molar-refractivity contribution in [3.8, 4) is 0 Å². The van der Waals surface area contributed by atoms with Gasteiger partial charge in [-0.25, -0.2) is 0 Å². The molecule has 8 heteroatoms. The van der Waals surface area contributed by atoms with E-state index in [-0.39, 0.29) is 0 Å². The molecule has 0 aliphatic heterocycles. The second kappa shape index (κ2) is 8.82. The molecule has 0 bridgehead atoms. The third kappa shape index (κ3) is 5.57. The average molecular weight is 389 g/mol. The van der Waals surface area contributed by atoms with Crippen LogP contribution in [0, 0.1) is 6.92 Å². The molecule has 0 atom stereocenters. The summed E-state index contributed by atoms with van der Waals surface area (Å²) in [6, 6.07) is 11.6. The number of aromatic nitrogens is 4. The van der Waals surface area contributed by atoms with Gasteiger partial charge in [-0.15, -0.1) is 0 Å². The molecule has 6 nitrogen and oxygen atoms in total. The van der Waals surface area contributed by atoms with E-state index in [0.29, 0.717) is 11.7 Å². The maximum Gasteiger partial charge on any atom is 0.171 e. The Morgan fingerprint density at radius 3 is 2.58 bits per heavy atom. The summed E-state index contributed by atoms with van der Waals surface area (Å²) in [6.07, 6.45) is 4.84. The first-order chi connectivity index (χ1) is 12.6. The van der Waals surface area contributed by atoms with Gasteiger partial charge in [-0.2, -0.15) is 10.2 Å². The average Bonchev–Trinajstić information content (AvgIpc) is 3.23. The molecule has 3 rings (SSSR count). The summed E-state index contributed by atoms with van der Waals surface area (Å²) < 4.78 is 3.79. The highest BCUT2D eigenvalue weighted by molar-refractivity contribution is 7.80. The molecule has 0 saturated heterocycles. The molecular formula is C18H21ClN6S. The molecule has 3 aromatic rings. The summed E-state index contributed by atoms with van der Waals surface area (Å²) in [5.41, 5.74) is 2.17. The van der Waals surface area contributed by atoms with Crippen LogP contribution in [-0.4, -0.2) is 31.2 Å². The fourth-order valence-corrected chi connectivity index (χ4v) is 2.82. The number of halogens is 1. The summed E-state index contributed by atoms with van der Waals surface area (Å²) in [7, 11) is 0. The van der Waals surface area contributed by atoms with Crippen LogP contribution in [0.15, 0.2) is 48.8 Å². The molecule has 0 fully saturated rings. The number of anilines is 1. The number of rotatable bonds is 7. The fourth-order valence-electron chi connectivity index (χ4n) is 2.48. The molecule has 2 N–H and O–H groups in total. The first-order valence-corrected chi connectivity index (χ1v) is 9.20. The molecular weight excluding hydrogens is 368 g/mol. The zero-order valence-electron chi connectivity index (χ0n) is 14.5. The lowest BCUT2D eigenvalue weighted by atomic mass is 10.2. The monoisotopic (exact) mass is 388 g/mol. The van der Waals surface area contributed by atoms with Crippen LogP contribution in [0.1, 0.15) is 17.7 Å². The minimum absolute atomic E-state index is 0.568. The van der Waals surface area contributed by atoms with Crippen molar-refractivity contribution >= 4 is 34.7 Å². The van der Waals surface area contributed by atoms with E-state index < -0.39 is 0 Å². The van der Waals surface area contributed by atoms with Crippen LogP contribution < -0.4 is 10.6 Å². The van der Waals surface area contributed by atoms with Gasteiger partial charge in [-0.05, 0) is 49.3 Å². The van der Waals surface area contributed by atoms with Gasteiger partial charge in [0.05, 0.1) is 12.2 Å². The topological polar surface area (TPSA) is 59.7 Å². The third-order valence-corrected chi connectivity index (χ3v) is 4.26. The molecule has 2 aromatic heterocycles. The Hall–Kier alpha value is -2.38. The lowest BCUT2D eigenvalue weighted by Gasteiger charge is -2.08. The van der Waals surface area contributed by atoms with Gasteiger partial charge in [0.25, 0.3) is 0 Å². The van der Waals surface area contributed by atoms with Crippen molar-refractivity contribution in [3.63, 3.8) is 0 Å². The van der Waals surface area contributed by atoms with Crippen LogP contribution in [0.2, 0.25) is 5.02 Å². The van der Waals surface area contributed by atoms with Gasteiger partial charge >= 0.3 is 0 Å². The number of aryl methyl sites for hydroxylation is 2. The second-order valence-electron chi connectivity index (χ2n) is 5.98.